The van der Waals surface area contributed by atoms with Crippen molar-refractivity contribution in [3.05, 3.63) is 16.1 Å². The van der Waals surface area contributed by atoms with E-state index in [1.165, 1.54) is 7.11 Å². The van der Waals surface area contributed by atoms with E-state index in [0.717, 1.165) is 71.5 Å². The van der Waals surface area contributed by atoms with E-state index in [2.05, 4.69) is 31.1 Å². The summed E-state index contributed by atoms with van der Waals surface area (Å²) in [4.78, 5) is 35.9. The van der Waals surface area contributed by atoms with Crippen molar-refractivity contribution in [2.75, 3.05) is 58.7 Å². The van der Waals surface area contributed by atoms with Gasteiger partial charge in [0.15, 0.2) is 0 Å². The van der Waals surface area contributed by atoms with Gasteiger partial charge in [0.05, 0.1) is 11.6 Å². The number of piperidine rings is 2. The van der Waals surface area contributed by atoms with Gasteiger partial charge in [-0.2, -0.15) is 4.98 Å². The van der Waals surface area contributed by atoms with Crippen LogP contribution in [0.3, 0.4) is 0 Å². The number of hydrogen-bond donors (Lipinski definition) is 2. The lowest BCUT2D eigenvalue weighted by molar-refractivity contribution is 0.0884. The van der Waals surface area contributed by atoms with Crippen LogP contribution >= 0.6 is 15.9 Å². The van der Waals surface area contributed by atoms with Crippen LogP contribution in [0.1, 0.15) is 49.9 Å². The Morgan fingerprint density at radius 1 is 1.18 bits per heavy atom. The molecule has 0 atom stereocenters. The Kier molecular flexibility index (Phi) is 9.19. The van der Waals surface area contributed by atoms with Crippen molar-refractivity contribution in [2.45, 2.75) is 45.6 Å². The van der Waals surface area contributed by atoms with Crippen LogP contribution in [0, 0.1) is 5.92 Å². The van der Waals surface area contributed by atoms with E-state index in [1.807, 2.05) is 23.6 Å². The van der Waals surface area contributed by atoms with Crippen LogP contribution in [-0.2, 0) is 0 Å². The first-order valence-electron chi connectivity index (χ1n) is 11.9. The third-order valence-electron chi connectivity index (χ3n) is 6.76. The Balaban J connectivity index is 1.42. The molecular formula is C23H37BrN6O3. The van der Waals surface area contributed by atoms with Gasteiger partial charge < -0.3 is 30.5 Å². The lowest BCUT2D eigenvalue weighted by Gasteiger charge is -2.39. The summed E-state index contributed by atoms with van der Waals surface area (Å²) in [7, 11) is 1.48. The highest BCUT2D eigenvalue weighted by molar-refractivity contribution is 9.10. The van der Waals surface area contributed by atoms with Gasteiger partial charge in [0.2, 0.25) is 5.88 Å². The van der Waals surface area contributed by atoms with Crippen molar-refractivity contribution < 1.29 is 14.3 Å². The van der Waals surface area contributed by atoms with E-state index in [4.69, 9.17) is 10.5 Å². The molecule has 1 aromatic heterocycles. The zero-order valence-electron chi connectivity index (χ0n) is 20.0. The topological polar surface area (TPSA) is 104 Å². The molecule has 0 aliphatic carbocycles. The van der Waals surface area contributed by atoms with Crippen molar-refractivity contribution in [1.82, 2.24) is 25.0 Å². The van der Waals surface area contributed by atoms with Crippen LogP contribution in [-0.4, -0.2) is 90.6 Å². The SMILES string of the molecule is CCN(CC)C(=O)N1CCC(CN2CCC(NC(=O)c3cc(Br)c(N)nc3OC)CC2)CC1. The van der Waals surface area contributed by atoms with Crippen molar-refractivity contribution in [3.8, 4) is 5.88 Å². The zero-order chi connectivity index (χ0) is 24.0. The monoisotopic (exact) mass is 524 g/mol. The van der Waals surface area contributed by atoms with Crippen LogP contribution in [0.5, 0.6) is 5.88 Å². The molecule has 9 nitrogen and oxygen atoms in total. The molecule has 2 saturated heterocycles. The molecule has 184 valence electrons. The van der Waals surface area contributed by atoms with Crippen molar-refractivity contribution in [3.63, 3.8) is 0 Å². The summed E-state index contributed by atoms with van der Waals surface area (Å²) < 4.78 is 5.81. The van der Waals surface area contributed by atoms with Crippen LogP contribution in [0.15, 0.2) is 10.5 Å². The number of ether oxygens (including phenoxy) is 1. The number of rotatable bonds is 7. The van der Waals surface area contributed by atoms with E-state index in [1.54, 1.807) is 6.07 Å². The number of nitrogens with two attached hydrogens (primary N) is 1. The van der Waals surface area contributed by atoms with Crippen LogP contribution in [0.4, 0.5) is 10.6 Å². The summed E-state index contributed by atoms with van der Waals surface area (Å²) in [6, 6.07) is 1.96. The lowest BCUT2D eigenvalue weighted by Crippen LogP contribution is -2.49. The summed E-state index contributed by atoms with van der Waals surface area (Å²) in [5.74, 6) is 0.958. The molecule has 2 aliphatic rings. The van der Waals surface area contributed by atoms with Gasteiger partial charge in [-0.1, -0.05) is 0 Å². The first-order chi connectivity index (χ1) is 15.9. The quantitative estimate of drug-likeness (QED) is 0.568. The summed E-state index contributed by atoms with van der Waals surface area (Å²) >= 11 is 3.33. The number of likely N-dealkylation sites (tertiary alicyclic amines) is 2. The van der Waals surface area contributed by atoms with E-state index in [9.17, 15) is 9.59 Å². The summed E-state index contributed by atoms with van der Waals surface area (Å²) in [6.07, 6.45) is 3.94. The molecule has 3 amide bonds. The second kappa shape index (κ2) is 11.9. The number of carbonyl (C=O) groups excluding carboxylic acids is 2. The van der Waals surface area contributed by atoms with E-state index in [0.29, 0.717) is 21.8 Å². The van der Waals surface area contributed by atoms with Crippen molar-refractivity contribution in [1.29, 1.82) is 0 Å². The molecule has 0 aromatic carbocycles. The minimum Gasteiger partial charge on any atom is -0.480 e. The fourth-order valence-corrected chi connectivity index (χ4v) is 5.01. The summed E-state index contributed by atoms with van der Waals surface area (Å²) in [6.45, 7) is 10.3. The molecule has 2 fully saturated rings. The average molecular weight is 525 g/mol. The Morgan fingerprint density at radius 3 is 2.39 bits per heavy atom. The second-order valence-electron chi connectivity index (χ2n) is 8.85. The highest BCUT2D eigenvalue weighted by Crippen LogP contribution is 2.26. The predicted octanol–water partition coefficient (Wildman–Crippen LogP) is 2.80. The number of nitrogen functional groups attached to an aromatic ring is 1. The van der Waals surface area contributed by atoms with E-state index < -0.39 is 0 Å². The summed E-state index contributed by atoms with van der Waals surface area (Å²) in [5.41, 5.74) is 6.17. The van der Waals surface area contributed by atoms with Gasteiger partial charge in [-0.25, -0.2) is 4.79 Å². The molecule has 3 N–H and O–H groups in total. The lowest BCUT2D eigenvalue weighted by atomic mass is 9.94. The molecule has 0 unspecified atom stereocenters. The number of methoxy groups -OCH3 is 1. The number of halogens is 1. The Morgan fingerprint density at radius 2 is 1.82 bits per heavy atom. The fraction of sp³-hybridized carbons (Fsp3) is 0.696. The first kappa shape index (κ1) is 25.6. The van der Waals surface area contributed by atoms with Gasteiger partial charge in [-0.15, -0.1) is 0 Å². The third kappa shape index (κ3) is 6.50. The van der Waals surface area contributed by atoms with Gasteiger partial charge in [-0.05, 0) is 67.4 Å². The van der Waals surface area contributed by atoms with Crippen molar-refractivity contribution >= 4 is 33.7 Å². The fourth-order valence-electron chi connectivity index (χ4n) is 4.69. The maximum atomic E-state index is 12.8. The maximum absolute atomic E-state index is 12.8. The number of carbonyl (C=O) groups is 2. The second-order valence-corrected chi connectivity index (χ2v) is 9.70. The number of hydrogen-bond acceptors (Lipinski definition) is 6. The third-order valence-corrected chi connectivity index (χ3v) is 7.40. The smallest absolute Gasteiger partial charge is 0.319 e. The number of aromatic nitrogens is 1. The Labute approximate surface area is 205 Å². The van der Waals surface area contributed by atoms with E-state index >= 15 is 0 Å². The number of amides is 3. The predicted molar refractivity (Wildman–Crippen MR) is 132 cm³/mol. The number of pyridine rings is 1. The molecule has 0 radical (unpaired) electrons. The van der Waals surface area contributed by atoms with Crippen LogP contribution < -0.4 is 15.8 Å². The number of nitrogens with zero attached hydrogens (tertiary/aromatic N) is 4. The van der Waals surface area contributed by atoms with Gasteiger partial charge in [0, 0.05) is 51.9 Å². The largest absolute Gasteiger partial charge is 0.480 e. The van der Waals surface area contributed by atoms with Crippen molar-refractivity contribution in [2.24, 2.45) is 5.92 Å². The average Bonchev–Trinajstić information content (AvgIpc) is 2.83. The highest BCUT2D eigenvalue weighted by Gasteiger charge is 2.28. The summed E-state index contributed by atoms with van der Waals surface area (Å²) in [5, 5.41) is 3.12. The molecule has 2 aliphatic heterocycles. The van der Waals surface area contributed by atoms with Gasteiger partial charge in [0.1, 0.15) is 11.4 Å². The zero-order valence-corrected chi connectivity index (χ0v) is 21.6. The molecule has 0 spiro atoms. The van der Waals surface area contributed by atoms with Crippen LogP contribution in [0.25, 0.3) is 0 Å². The molecule has 3 heterocycles. The first-order valence-corrected chi connectivity index (χ1v) is 12.7. The maximum Gasteiger partial charge on any atom is 0.319 e. The molecule has 1 aromatic rings. The molecular weight excluding hydrogens is 488 g/mol. The molecule has 0 saturated carbocycles. The highest BCUT2D eigenvalue weighted by atomic mass is 79.9. The van der Waals surface area contributed by atoms with Gasteiger partial charge in [0.25, 0.3) is 5.91 Å². The number of urea groups is 1. The minimum absolute atomic E-state index is 0.128. The molecule has 10 heteroatoms. The van der Waals surface area contributed by atoms with Crippen LogP contribution in [0.2, 0.25) is 0 Å². The normalized spacial score (nSPS) is 18.2. The van der Waals surface area contributed by atoms with E-state index in [-0.39, 0.29) is 23.9 Å². The standard InChI is InChI=1S/C23H37BrN6O3/c1-4-29(5-2)23(32)30-12-6-16(7-13-30)15-28-10-8-17(9-11-28)26-21(31)18-14-19(24)20(25)27-22(18)33-3/h14,16-17H,4-13,15H2,1-3H3,(H2,25,27)(H,26,31). The number of anilines is 1. The van der Waals surface area contributed by atoms with Gasteiger partial charge >= 0.3 is 6.03 Å². The Bertz CT molecular complexity index is 819. The molecule has 33 heavy (non-hydrogen) atoms. The minimum atomic E-state index is -0.191. The van der Waals surface area contributed by atoms with Gasteiger partial charge in [-0.3, -0.25) is 4.79 Å². The molecule has 0 bridgehead atoms. The number of nitrogens with one attached hydrogen (secondary N) is 1. The molecule has 3 rings (SSSR count). The Hall–Kier alpha value is -2.07.